The Morgan fingerprint density at radius 2 is 2.14 bits per heavy atom. The van der Waals surface area contributed by atoms with Gasteiger partial charge in [0.05, 0.1) is 18.7 Å². The Morgan fingerprint density at radius 3 is 2.77 bits per heavy atom. The van der Waals surface area contributed by atoms with Gasteiger partial charge in [-0.15, -0.1) is 0 Å². The van der Waals surface area contributed by atoms with Crippen molar-refractivity contribution in [2.45, 2.75) is 4.90 Å². The number of nitrogens with zero attached hydrogens (tertiary/aromatic N) is 1. The number of methoxy groups -OCH3 is 1. The van der Waals surface area contributed by atoms with Crippen molar-refractivity contribution < 1.29 is 22.7 Å². The van der Waals surface area contributed by atoms with E-state index in [0.29, 0.717) is 0 Å². The summed E-state index contributed by atoms with van der Waals surface area (Å²) in [6, 6.07) is 3.97. The molecule has 1 aliphatic rings. The van der Waals surface area contributed by atoms with Gasteiger partial charge >= 0.3 is 0 Å². The van der Waals surface area contributed by atoms with E-state index in [1.165, 1.54) is 25.3 Å². The van der Waals surface area contributed by atoms with E-state index in [2.05, 4.69) is 5.32 Å². The van der Waals surface area contributed by atoms with E-state index in [-0.39, 0.29) is 42.3 Å². The highest BCUT2D eigenvalue weighted by Gasteiger charge is 2.41. The van der Waals surface area contributed by atoms with Crippen molar-refractivity contribution in [1.29, 1.82) is 0 Å². The molecule has 0 aromatic heterocycles. The highest BCUT2D eigenvalue weighted by molar-refractivity contribution is 7.90. The largest absolute Gasteiger partial charge is 0.383 e. The molecule has 3 N–H and O–H groups in total. The minimum atomic E-state index is -3.95. The fourth-order valence-corrected chi connectivity index (χ4v) is 3.68. The van der Waals surface area contributed by atoms with Crippen LogP contribution in [0.1, 0.15) is 20.7 Å². The molecule has 0 fully saturated rings. The summed E-state index contributed by atoms with van der Waals surface area (Å²) < 4.78 is 30.3. The Balaban J connectivity index is 2.36. The second-order valence-corrected chi connectivity index (χ2v) is 6.46. The van der Waals surface area contributed by atoms with Gasteiger partial charge in [-0.3, -0.25) is 9.59 Å². The van der Waals surface area contributed by atoms with E-state index in [1.54, 1.807) is 0 Å². The van der Waals surface area contributed by atoms with E-state index >= 15 is 0 Å². The van der Waals surface area contributed by atoms with Crippen LogP contribution in [-0.4, -0.2) is 57.9 Å². The fraction of sp³-hybridized carbons (Fsp3) is 0.385. The molecule has 0 bridgehead atoms. The molecule has 0 saturated heterocycles. The number of ether oxygens (including phenoxy) is 1. The molecule has 0 saturated carbocycles. The third-order valence-electron chi connectivity index (χ3n) is 3.20. The van der Waals surface area contributed by atoms with E-state index in [4.69, 9.17) is 10.5 Å². The number of hydrogen-bond donors (Lipinski definition) is 2. The smallest absolute Gasteiger partial charge is 0.269 e. The van der Waals surface area contributed by atoms with E-state index in [9.17, 15) is 18.0 Å². The summed E-state index contributed by atoms with van der Waals surface area (Å²) >= 11 is 0. The number of benzene rings is 1. The Labute approximate surface area is 128 Å². The molecule has 1 aromatic carbocycles. The van der Waals surface area contributed by atoms with Crippen LogP contribution in [0.4, 0.5) is 0 Å². The van der Waals surface area contributed by atoms with Crippen LogP contribution in [-0.2, 0) is 14.8 Å². The lowest BCUT2D eigenvalue weighted by Crippen LogP contribution is -2.33. The van der Waals surface area contributed by atoms with Gasteiger partial charge in [0.1, 0.15) is 4.90 Å². The topological polar surface area (TPSA) is 119 Å². The quantitative estimate of drug-likeness (QED) is 0.703. The Kier molecular flexibility index (Phi) is 4.79. The number of amides is 2. The van der Waals surface area contributed by atoms with Crippen LogP contribution in [0.2, 0.25) is 0 Å². The Bertz CT molecular complexity index is 702. The van der Waals surface area contributed by atoms with Crippen molar-refractivity contribution >= 4 is 21.8 Å². The average Bonchev–Trinajstić information content (AvgIpc) is 2.69. The monoisotopic (exact) mass is 327 g/mol. The maximum Gasteiger partial charge on any atom is 0.269 e. The first-order valence-electron chi connectivity index (χ1n) is 6.61. The first-order valence-corrected chi connectivity index (χ1v) is 8.05. The summed E-state index contributed by atoms with van der Waals surface area (Å²) in [5, 5.41) is 2.55. The molecule has 1 heterocycles. The van der Waals surface area contributed by atoms with Gasteiger partial charge in [0.2, 0.25) is 0 Å². The lowest BCUT2D eigenvalue weighted by molar-refractivity contribution is 0.0836. The van der Waals surface area contributed by atoms with Crippen molar-refractivity contribution in [1.82, 2.24) is 9.62 Å². The second kappa shape index (κ2) is 6.42. The predicted molar refractivity (Wildman–Crippen MR) is 77.9 cm³/mol. The Hall–Kier alpha value is -1.97. The molecular formula is C13H17N3O5S. The molecule has 0 atom stereocenters. The van der Waals surface area contributed by atoms with Crippen LogP contribution in [0.25, 0.3) is 0 Å². The summed E-state index contributed by atoms with van der Waals surface area (Å²) in [5.41, 5.74) is 5.52. The van der Waals surface area contributed by atoms with Crippen LogP contribution < -0.4 is 11.1 Å². The van der Waals surface area contributed by atoms with Crippen molar-refractivity contribution in [2.75, 3.05) is 33.4 Å². The van der Waals surface area contributed by atoms with Crippen molar-refractivity contribution in [2.24, 2.45) is 5.73 Å². The van der Waals surface area contributed by atoms with Crippen molar-refractivity contribution in [3.05, 3.63) is 29.3 Å². The highest BCUT2D eigenvalue weighted by atomic mass is 32.2. The highest BCUT2D eigenvalue weighted by Crippen LogP contribution is 2.30. The molecular weight excluding hydrogens is 310 g/mol. The molecule has 0 unspecified atom stereocenters. The molecule has 0 spiro atoms. The first kappa shape index (κ1) is 16.4. The number of nitrogens with two attached hydrogens (primary N) is 1. The van der Waals surface area contributed by atoms with Gasteiger partial charge in [0, 0.05) is 25.8 Å². The molecule has 1 aliphatic heterocycles. The molecule has 22 heavy (non-hydrogen) atoms. The lowest BCUT2D eigenvalue weighted by atomic mass is 10.1. The molecule has 0 radical (unpaired) electrons. The molecule has 2 rings (SSSR count). The van der Waals surface area contributed by atoms with E-state index in [1.807, 2.05) is 0 Å². The third-order valence-corrected chi connectivity index (χ3v) is 5.02. The van der Waals surface area contributed by atoms with Crippen LogP contribution in [0.5, 0.6) is 0 Å². The van der Waals surface area contributed by atoms with Gasteiger partial charge in [0.15, 0.2) is 0 Å². The Morgan fingerprint density at radius 1 is 1.41 bits per heavy atom. The van der Waals surface area contributed by atoms with Gasteiger partial charge in [-0.1, -0.05) is 0 Å². The predicted octanol–water partition coefficient (Wildman–Crippen LogP) is -0.834. The van der Waals surface area contributed by atoms with Gasteiger partial charge in [-0.2, -0.15) is 0 Å². The number of carbonyl (C=O) groups is 2. The van der Waals surface area contributed by atoms with E-state index in [0.717, 1.165) is 4.31 Å². The standard InChI is InChI=1S/C13H17N3O5S/c1-21-7-6-16-13(18)10-3-2-9(12(17)15-5-4-14)8-11(10)22(16,19)20/h2-3,8H,4-7,14H2,1H3,(H,15,17). The molecule has 2 amide bonds. The average molecular weight is 327 g/mol. The maximum atomic E-state index is 12.4. The number of rotatable bonds is 6. The third kappa shape index (κ3) is 2.82. The molecule has 9 heteroatoms. The number of carbonyl (C=O) groups excluding carboxylic acids is 2. The van der Waals surface area contributed by atoms with Crippen LogP contribution >= 0.6 is 0 Å². The van der Waals surface area contributed by atoms with Gasteiger partial charge in [-0.05, 0) is 18.2 Å². The summed E-state index contributed by atoms with van der Waals surface area (Å²) in [6.07, 6.45) is 0. The zero-order valence-corrected chi connectivity index (χ0v) is 12.9. The van der Waals surface area contributed by atoms with Gasteiger partial charge in [-0.25, -0.2) is 12.7 Å². The van der Waals surface area contributed by atoms with E-state index < -0.39 is 21.8 Å². The summed E-state index contributed by atoms with van der Waals surface area (Å²) in [7, 11) is -2.53. The number of hydrogen-bond acceptors (Lipinski definition) is 6. The van der Waals surface area contributed by atoms with Gasteiger partial charge < -0.3 is 15.8 Å². The van der Waals surface area contributed by atoms with Gasteiger partial charge in [0.25, 0.3) is 21.8 Å². The SMILES string of the molecule is COCCN1C(=O)c2ccc(C(=O)NCCN)cc2S1(=O)=O. The first-order chi connectivity index (χ1) is 10.4. The zero-order chi connectivity index (χ0) is 16.3. The fourth-order valence-electron chi connectivity index (χ4n) is 2.10. The molecule has 8 nitrogen and oxygen atoms in total. The summed E-state index contributed by atoms with van der Waals surface area (Å²) in [6.45, 7) is 0.587. The maximum absolute atomic E-state index is 12.4. The van der Waals surface area contributed by atoms with Crippen LogP contribution in [0.15, 0.2) is 23.1 Å². The van der Waals surface area contributed by atoms with Crippen molar-refractivity contribution in [3.63, 3.8) is 0 Å². The summed E-state index contributed by atoms with van der Waals surface area (Å²) in [4.78, 5) is 23.9. The molecule has 0 aliphatic carbocycles. The number of sulfonamides is 1. The van der Waals surface area contributed by atoms with Crippen molar-refractivity contribution in [3.8, 4) is 0 Å². The van der Waals surface area contributed by atoms with Crippen LogP contribution in [0, 0.1) is 0 Å². The number of fused-ring (bicyclic) bond motifs is 1. The normalized spacial score (nSPS) is 15.7. The lowest BCUT2D eigenvalue weighted by Gasteiger charge is -2.13. The molecule has 1 aromatic rings. The zero-order valence-electron chi connectivity index (χ0n) is 12.0. The minimum Gasteiger partial charge on any atom is -0.383 e. The number of nitrogens with one attached hydrogen (secondary N) is 1. The minimum absolute atomic E-state index is 0.0616. The summed E-state index contributed by atoms with van der Waals surface area (Å²) in [5.74, 6) is -1.05. The van der Waals surface area contributed by atoms with Crippen LogP contribution in [0.3, 0.4) is 0 Å². The second-order valence-electron chi connectivity index (χ2n) is 4.63. The molecule has 120 valence electrons.